The summed E-state index contributed by atoms with van der Waals surface area (Å²) in [6.45, 7) is 3.02. The van der Waals surface area contributed by atoms with Crippen molar-refractivity contribution in [1.82, 2.24) is 10.2 Å². The van der Waals surface area contributed by atoms with E-state index >= 15 is 0 Å². The van der Waals surface area contributed by atoms with Gasteiger partial charge in [-0.2, -0.15) is 0 Å². The van der Waals surface area contributed by atoms with Gasteiger partial charge >= 0.3 is 0 Å². The highest BCUT2D eigenvalue weighted by Crippen LogP contribution is 2.19. The molecule has 21 heavy (non-hydrogen) atoms. The molecule has 5 nitrogen and oxygen atoms in total. The fraction of sp³-hybridized carbons (Fsp3) is 0.500. The molecule has 0 aliphatic carbocycles. The van der Waals surface area contributed by atoms with Gasteiger partial charge in [-0.15, -0.1) is 0 Å². The van der Waals surface area contributed by atoms with E-state index in [9.17, 15) is 14.7 Å². The van der Waals surface area contributed by atoms with E-state index in [4.69, 9.17) is 0 Å². The number of benzene rings is 1. The molecule has 1 heterocycles. The van der Waals surface area contributed by atoms with Crippen LogP contribution in [0.1, 0.15) is 30.1 Å². The van der Waals surface area contributed by atoms with Crippen LogP contribution in [0.5, 0.6) is 0 Å². The van der Waals surface area contributed by atoms with Crippen LogP contribution in [0.15, 0.2) is 30.3 Å². The van der Waals surface area contributed by atoms with Gasteiger partial charge in [0.2, 0.25) is 5.91 Å². The molecule has 0 aromatic heterocycles. The second-order valence-electron chi connectivity index (χ2n) is 5.53. The fourth-order valence-electron chi connectivity index (χ4n) is 2.59. The monoisotopic (exact) mass is 290 g/mol. The van der Waals surface area contributed by atoms with E-state index in [0.29, 0.717) is 18.7 Å². The third kappa shape index (κ3) is 4.29. The van der Waals surface area contributed by atoms with Gasteiger partial charge in [0.05, 0.1) is 12.6 Å². The zero-order valence-corrected chi connectivity index (χ0v) is 12.3. The van der Waals surface area contributed by atoms with Crippen molar-refractivity contribution in [3.8, 4) is 0 Å². The first-order valence-corrected chi connectivity index (χ1v) is 7.37. The van der Waals surface area contributed by atoms with Crippen molar-refractivity contribution in [2.75, 3.05) is 19.6 Å². The number of amides is 2. The van der Waals surface area contributed by atoms with Crippen LogP contribution in [0.4, 0.5) is 0 Å². The number of nitrogens with zero attached hydrogens (tertiary/aromatic N) is 1. The highest BCUT2D eigenvalue weighted by molar-refractivity contribution is 5.96. The number of carbonyl (C=O) groups is 2. The summed E-state index contributed by atoms with van der Waals surface area (Å²) >= 11 is 0. The number of aliphatic hydroxyl groups is 1. The largest absolute Gasteiger partial charge is 0.393 e. The molecule has 2 unspecified atom stereocenters. The predicted molar refractivity (Wildman–Crippen MR) is 79.8 cm³/mol. The number of likely N-dealkylation sites (tertiary alicyclic amines) is 1. The summed E-state index contributed by atoms with van der Waals surface area (Å²) < 4.78 is 0. The van der Waals surface area contributed by atoms with Crippen LogP contribution in [-0.4, -0.2) is 47.6 Å². The Labute approximate surface area is 125 Å². The number of aliphatic hydroxyl groups excluding tert-OH is 1. The summed E-state index contributed by atoms with van der Waals surface area (Å²) in [6.07, 6.45) is 1.44. The third-order valence-electron chi connectivity index (χ3n) is 3.93. The van der Waals surface area contributed by atoms with Crippen molar-refractivity contribution in [3.05, 3.63) is 35.9 Å². The molecule has 2 rings (SSSR count). The average molecular weight is 290 g/mol. The second-order valence-corrected chi connectivity index (χ2v) is 5.53. The number of hydrogen-bond donors (Lipinski definition) is 2. The first-order valence-electron chi connectivity index (χ1n) is 7.37. The lowest BCUT2D eigenvalue weighted by Gasteiger charge is -2.34. The molecule has 1 aromatic rings. The normalized spacial score (nSPS) is 19.9. The summed E-state index contributed by atoms with van der Waals surface area (Å²) in [6, 6.07) is 8.84. The Morgan fingerprint density at radius 1 is 1.38 bits per heavy atom. The maximum absolute atomic E-state index is 12.1. The van der Waals surface area contributed by atoms with E-state index in [1.807, 2.05) is 6.07 Å². The molecule has 0 saturated carbocycles. The molecule has 2 atom stereocenters. The van der Waals surface area contributed by atoms with Gasteiger partial charge in [-0.3, -0.25) is 9.59 Å². The molecule has 1 fully saturated rings. The first-order chi connectivity index (χ1) is 10.1. The Kier molecular flexibility index (Phi) is 5.33. The summed E-state index contributed by atoms with van der Waals surface area (Å²) in [5, 5.41) is 12.3. The number of hydrogen-bond acceptors (Lipinski definition) is 3. The minimum Gasteiger partial charge on any atom is -0.393 e. The molecule has 2 amide bonds. The van der Waals surface area contributed by atoms with Gasteiger partial charge in [-0.05, 0) is 31.9 Å². The highest BCUT2D eigenvalue weighted by atomic mass is 16.3. The second kappa shape index (κ2) is 7.22. The van der Waals surface area contributed by atoms with Crippen molar-refractivity contribution in [2.45, 2.75) is 25.9 Å². The summed E-state index contributed by atoms with van der Waals surface area (Å²) in [5.41, 5.74) is 0.547. The van der Waals surface area contributed by atoms with Crippen molar-refractivity contribution < 1.29 is 14.7 Å². The topological polar surface area (TPSA) is 69.6 Å². The lowest BCUT2D eigenvalue weighted by molar-refractivity contribution is -0.132. The summed E-state index contributed by atoms with van der Waals surface area (Å²) in [4.78, 5) is 25.7. The Morgan fingerprint density at radius 2 is 2.10 bits per heavy atom. The van der Waals surface area contributed by atoms with E-state index < -0.39 is 6.10 Å². The van der Waals surface area contributed by atoms with E-state index in [2.05, 4.69) is 5.32 Å². The number of rotatable bonds is 4. The van der Waals surface area contributed by atoms with Crippen LogP contribution in [0.2, 0.25) is 0 Å². The number of nitrogens with one attached hydrogen (secondary N) is 1. The van der Waals surface area contributed by atoms with E-state index in [1.165, 1.54) is 0 Å². The molecule has 0 spiro atoms. The van der Waals surface area contributed by atoms with Crippen LogP contribution >= 0.6 is 0 Å². The number of piperidine rings is 1. The van der Waals surface area contributed by atoms with Crippen molar-refractivity contribution in [3.63, 3.8) is 0 Å². The molecule has 1 aliphatic heterocycles. The highest BCUT2D eigenvalue weighted by Gasteiger charge is 2.26. The third-order valence-corrected chi connectivity index (χ3v) is 3.93. The molecule has 1 saturated heterocycles. The average Bonchev–Trinajstić information content (AvgIpc) is 2.53. The van der Waals surface area contributed by atoms with E-state index in [0.717, 1.165) is 12.8 Å². The smallest absolute Gasteiger partial charge is 0.251 e. The lowest BCUT2D eigenvalue weighted by atomic mass is 9.93. The zero-order valence-electron chi connectivity index (χ0n) is 12.3. The van der Waals surface area contributed by atoms with Crippen molar-refractivity contribution in [2.24, 2.45) is 5.92 Å². The zero-order chi connectivity index (χ0) is 15.2. The SMILES string of the molecule is CC(O)C1CCCN(C(=O)CNC(=O)c2ccccc2)C1. The van der Waals surface area contributed by atoms with Gasteiger partial charge in [0.25, 0.3) is 5.91 Å². The molecule has 0 radical (unpaired) electrons. The molecule has 114 valence electrons. The Hall–Kier alpha value is -1.88. The van der Waals surface area contributed by atoms with E-state index in [1.54, 1.807) is 36.1 Å². The van der Waals surface area contributed by atoms with Gasteiger partial charge in [0, 0.05) is 24.6 Å². The van der Waals surface area contributed by atoms with Gasteiger partial charge in [-0.25, -0.2) is 0 Å². The molecular weight excluding hydrogens is 268 g/mol. The van der Waals surface area contributed by atoms with Crippen molar-refractivity contribution >= 4 is 11.8 Å². The minimum absolute atomic E-state index is 0.000255. The quantitative estimate of drug-likeness (QED) is 0.870. The summed E-state index contributed by atoms with van der Waals surface area (Å²) in [5.74, 6) is -0.204. The van der Waals surface area contributed by atoms with Crippen LogP contribution in [0.3, 0.4) is 0 Å². The maximum atomic E-state index is 12.1. The Balaban J connectivity index is 1.83. The lowest BCUT2D eigenvalue weighted by Crippen LogP contribution is -2.46. The number of carbonyl (C=O) groups excluding carboxylic acids is 2. The van der Waals surface area contributed by atoms with Crippen LogP contribution in [0, 0.1) is 5.92 Å². The molecule has 5 heteroatoms. The molecule has 0 bridgehead atoms. The maximum Gasteiger partial charge on any atom is 0.251 e. The molecule has 1 aliphatic rings. The predicted octanol–water partition coefficient (Wildman–Crippen LogP) is 1.04. The fourth-order valence-corrected chi connectivity index (χ4v) is 2.59. The van der Waals surface area contributed by atoms with Gasteiger partial charge in [-0.1, -0.05) is 18.2 Å². The van der Waals surface area contributed by atoms with Crippen LogP contribution in [-0.2, 0) is 4.79 Å². The van der Waals surface area contributed by atoms with Crippen molar-refractivity contribution in [1.29, 1.82) is 0 Å². The Bertz CT molecular complexity index is 488. The van der Waals surface area contributed by atoms with Crippen LogP contribution < -0.4 is 5.32 Å². The van der Waals surface area contributed by atoms with Gasteiger partial charge < -0.3 is 15.3 Å². The van der Waals surface area contributed by atoms with E-state index in [-0.39, 0.29) is 24.3 Å². The van der Waals surface area contributed by atoms with Crippen LogP contribution in [0.25, 0.3) is 0 Å². The standard InChI is InChI=1S/C16H22N2O3/c1-12(19)14-8-5-9-18(11-14)15(20)10-17-16(21)13-6-3-2-4-7-13/h2-4,6-7,12,14,19H,5,8-11H2,1H3,(H,17,21). The summed E-state index contributed by atoms with van der Waals surface area (Å²) in [7, 11) is 0. The first kappa shape index (κ1) is 15.5. The van der Waals surface area contributed by atoms with Gasteiger partial charge in [0.1, 0.15) is 0 Å². The molecular formula is C16H22N2O3. The Morgan fingerprint density at radius 3 is 2.76 bits per heavy atom. The van der Waals surface area contributed by atoms with Gasteiger partial charge in [0.15, 0.2) is 0 Å². The minimum atomic E-state index is -0.403. The molecule has 1 aromatic carbocycles. The molecule has 2 N–H and O–H groups in total.